The van der Waals surface area contributed by atoms with Crippen molar-refractivity contribution in [2.75, 3.05) is 13.1 Å². The van der Waals surface area contributed by atoms with Gasteiger partial charge in [-0.2, -0.15) is 0 Å². The molecule has 4 nitrogen and oxygen atoms in total. The minimum atomic E-state index is -0.00264. The quantitative estimate of drug-likeness (QED) is 0.760. The number of carbonyl (C=O) groups is 1. The fourth-order valence-corrected chi connectivity index (χ4v) is 2.54. The van der Waals surface area contributed by atoms with Gasteiger partial charge in [0.1, 0.15) is 0 Å². The largest absolute Gasteiger partial charge is 0.352 e. The van der Waals surface area contributed by atoms with Crippen LogP contribution < -0.4 is 11.1 Å². The zero-order valence-electron chi connectivity index (χ0n) is 11.0. The lowest BCUT2D eigenvalue weighted by atomic mass is 9.91. The third-order valence-electron chi connectivity index (χ3n) is 4.08. The summed E-state index contributed by atoms with van der Waals surface area (Å²) in [6.07, 6.45) is 4.67. The highest BCUT2D eigenvalue weighted by molar-refractivity contribution is 5.81. The van der Waals surface area contributed by atoms with Crippen molar-refractivity contribution in [1.82, 2.24) is 10.2 Å². The summed E-state index contributed by atoms with van der Waals surface area (Å²) in [5, 5.41) is 3.08. The molecule has 1 aliphatic heterocycles. The first-order valence-electron chi connectivity index (χ1n) is 6.88. The van der Waals surface area contributed by atoms with Crippen LogP contribution in [0.25, 0.3) is 0 Å². The van der Waals surface area contributed by atoms with E-state index in [1.807, 2.05) is 6.92 Å². The predicted octanol–water partition coefficient (Wildman–Crippen LogP) is 0.713. The lowest BCUT2D eigenvalue weighted by molar-refractivity contribution is -0.126. The Bertz CT molecular complexity index is 276. The SMILES string of the molecule is CC(N)C1CCCN(C(C)C(=O)NC2CC2)C1. The van der Waals surface area contributed by atoms with E-state index in [-0.39, 0.29) is 18.0 Å². The molecule has 0 spiro atoms. The average Bonchev–Trinajstić information content (AvgIpc) is 3.12. The molecule has 1 heterocycles. The Kier molecular flexibility index (Phi) is 4.05. The standard InChI is InChI=1S/C13H25N3O/c1-9(14)11-4-3-7-16(8-11)10(2)13(17)15-12-5-6-12/h9-12H,3-8,14H2,1-2H3,(H,15,17). The Hall–Kier alpha value is -0.610. The summed E-state index contributed by atoms with van der Waals surface area (Å²) in [7, 11) is 0. The Labute approximate surface area is 104 Å². The van der Waals surface area contributed by atoms with E-state index in [4.69, 9.17) is 5.73 Å². The fraction of sp³-hybridized carbons (Fsp3) is 0.923. The molecule has 0 bridgehead atoms. The summed E-state index contributed by atoms with van der Waals surface area (Å²) < 4.78 is 0. The van der Waals surface area contributed by atoms with Gasteiger partial charge in [0.2, 0.25) is 5.91 Å². The van der Waals surface area contributed by atoms with Crippen molar-refractivity contribution in [3.63, 3.8) is 0 Å². The van der Waals surface area contributed by atoms with Crippen molar-refractivity contribution >= 4 is 5.91 Å². The molecule has 98 valence electrons. The molecular weight excluding hydrogens is 214 g/mol. The first kappa shape index (κ1) is 12.8. The molecule has 0 aromatic rings. The summed E-state index contributed by atoms with van der Waals surface area (Å²) in [4.78, 5) is 14.3. The van der Waals surface area contributed by atoms with Crippen LogP contribution in [-0.4, -0.2) is 42.0 Å². The minimum Gasteiger partial charge on any atom is -0.352 e. The molecule has 2 aliphatic rings. The fourth-order valence-electron chi connectivity index (χ4n) is 2.54. The Morgan fingerprint density at radius 1 is 1.35 bits per heavy atom. The van der Waals surface area contributed by atoms with Gasteiger partial charge in [-0.3, -0.25) is 9.69 Å². The van der Waals surface area contributed by atoms with Gasteiger partial charge in [0.05, 0.1) is 6.04 Å². The lowest BCUT2D eigenvalue weighted by Crippen LogP contribution is -2.51. The zero-order valence-corrected chi connectivity index (χ0v) is 11.0. The smallest absolute Gasteiger partial charge is 0.237 e. The van der Waals surface area contributed by atoms with Crippen molar-refractivity contribution < 1.29 is 4.79 Å². The normalized spacial score (nSPS) is 29.7. The summed E-state index contributed by atoms with van der Waals surface area (Å²) in [5.41, 5.74) is 5.97. The molecule has 1 aliphatic carbocycles. The van der Waals surface area contributed by atoms with Crippen LogP contribution in [0.4, 0.5) is 0 Å². The number of hydrogen-bond acceptors (Lipinski definition) is 3. The van der Waals surface area contributed by atoms with Crippen LogP contribution >= 0.6 is 0 Å². The average molecular weight is 239 g/mol. The Morgan fingerprint density at radius 2 is 2.06 bits per heavy atom. The number of piperidine rings is 1. The number of likely N-dealkylation sites (tertiary alicyclic amines) is 1. The second-order valence-corrected chi connectivity index (χ2v) is 5.72. The van der Waals surface area contributed by atoms with Gasteiger partial charge in [0, 0.05) is 18.6 Å². The molecule has 4 heteroatoms. The van der Waals surface area contributed by atoms with Gasteiger partial charge in [-0.25, -0.2) is 0 Å². The number of amides is 1. The third-order valence-corrected chi connectivity index (χ3v) is 4.08. The first-order valence-corrected chi connectivity index (χ1v) is 6.88. The molecule has 17 heavy (non-hydrogen) atoms. The van der Waals surface area contributed by atoms with Gasteiger partial charge in [-0.05, 0) is 52.0 Å². The molecule has 3 unspecified atom stereocenters. The lowest BCUT2D eigenvalue weighted by Gasteiger charge is -2.37. The molecule has 3 N–H and O–H groups in total. The van der Waals surface area contributed by atoms with Crippen molar-refractivity contribution in [3.8, 4) is 0 Å². The van der Waals surface area contributed by atoms with Crippen molar-refractivity contribution in [2.45, 2.75) is 57.7 Å². The van der Waals surface area contributed by atoms with E-state index in [2.05, 4.69) is 17.1 Å². The first-order chi connectivity index (χ1) is 8.08. The van der Waals surface area contributed by atoms with Crippen LogP contribution in [0.15, 0.2) is 0 Å². The third kappa shape index (κ3) is 3.42. The summed E-state index contributed by atoms with van der Waals surface area (Å²) in [5.74, 6) is 0.734. The number of carbonyl (C=O) groups excluding carboxylic acids is 1. The number of nitrogens with zero attached hydrogens (tertiary/aromatic N) is 1. The van der Waals surface area contributed by atoms with Gasteiger partial charge in [-0.1, -0.05) is 0 Å². The zero-order chi connectivity index (χ0) is 12.4. The van der Waals surface area contributed by atoms with Crippen molar-refractivity contribution in [1.29, 1.82) is 0 Å². The van der Waals surface area contributed by atoms with Gasteiger partial charge in [-0.15, -0.1) is 0 Å². The summed E-state index contributed by atoms with van der Waals surface area (Å²) in [6, 6.07) is 0.688. The van der Waals surface area contributed by atoms with E-state index < -0.39 is 0 Å². The minimum absolute atomic E-state index is 0.00264. The molecule has 1 amide bonds. The molecule has 0 aromatic heterocycles. The molecule has 1 saturated heterocycles. The van der Waals surface area contributed by atoms with Gasteiger partial charge >= 0.3 is 0 Å². The van der Waals surface area contributed by atoms with Crippen LogP contribution in [0.2, 0.25) is 0 Å². The highest BCUT2D eigenvalue weighted by atomic mass is 16.2. The highest BCUT2D eigenvalue weighted by Crippen LogP contribution is 2.22. The molecule has 0 aromatic carbocycles. The maximum Gasteiger partial charge on any atom is 0.237 e. The van der Waals surface area contributed by atoms with E-state index in [0.29, 0.717) is 12.0 Å². The number of hydrogen-bond donors (Lipinski definition) is 2. The maximum absolute atomic E-state index is 12.0. The summed E-state index contributed by atoms with van der Waals surface area (Å²) >= 11 is 0. The van der Waals surface area contributed by atoms with Gasteiger partial charge < -0.3 is 11.1 Å². The Morgan fingerprint density at radius 3 is 2.65 bits per heavy atom. The number of rotatable bonds is 4. The van der Waals surface area contributed by atoms with Crippen molar-refractivity contribution in [2.24, 2.45) is 11.7 Å². The van der Waals surface area contributed by atoms with Crippen LogP contribution in [0.1, 0.15) is 39.5 Å². The van der Waals surface area contributed by atoms with Gasteiger partial charge in [0.15, 0.2) is 0 Å². The summed E-state index contributed by atoms with van der Waals surface area (Å²) in [6.45, 7) is 6.09. The molecule has 3 atom stereocenters. The molecule has 1 saturated carbocycles. The molecule has 2 fully saturated rings. The topological polar surface area (TPSA) is 58.4 Å². The monoisotopic (exact) mass is 239 g/mol. The van der Waals surface area contributed by atoms with Gasteiger partial charge in [0.25, 0.3) is 0 Å². The second-order valence-electron chi connectivity index (χ2n) is 5.72. The van der Waals surface area contributed by atoms with E-state index >= 15 is 0 Å². The highest BCUT2D eigenvalue weighted by Gasteiger charge is 2.31. The van der Waals surface area contributed by atoms with Crippen LogP contribution in [-0.2, 0) is 4.79 Å². The van der Waals surface area contributed by atoms with Crippen LogP contribution in [0.5, 0.6) is 0 Å². The molecule has 2 rings (SSSR count). The van der Waals surface area contributed by atoms with E-state index in [0.717, 1.165) is 32.4 Å². The predicted molar refractivity (Wildman–Crippen MR) is 68.6 cm³/mol. The van der Waals surface area contributed by atoms with E-state index in [1.54, 1.807) is 0 Å². The number of nitrogens with two attached hydrogens (primary N) is 1. The Balaban J connectivity index is 1.84. The maximum atomic E-state index is 12.0. The molecular formula is C13H25N3O. The van der Waals surface area contributed by atoms with Crippen LogP contribution in [0.3, 0.4) is 0 Å². The van der Waals surface area contributed by atoms with E-state index in [1.165, 1.54) is 6.42 Å². The van der Waals surface area contributed by atoms with Crippen LogP contribution in [0, 0.1) is 5.92 Å². The second kappa shape index (κ2) is 5.36. The van der Waals surface area contributed by atoms with Crippen molar-refractivity contribution in [3.05, 3.63) is 0 Å². The number of nitrogens with one attached hydrogen (secondary N) is 1. The van der Waals surface area contributed by atoms with E-state index in [9.17, 15) is 4.79 Å². The molecule has 0 radical (unpaired) electrons.